The van der Waals surface area contributed by atoms with Crippen LogP contribution in [0.15, 0.2) is 72.8 Å². The predicted molar refractivity (Wildman–Crippen MR) is 126 cm³/mol. The van der Waals surface area contributed by atoms with Gasteiger partial charge in [-0.3, -0.25) is 4.79 Å². The van der Waals surface area contributed by atoms with Gasteiger partial charge in [-0.25, -0.2) is 9.37 Å². The molecule has 3 N–H and O–H groups in total. The van der Waals surface area contributed by atoms with Gasteiger partial charge in [-0.15, -0.1) is 0 Å². The first-order valence-corrected chi connectivity index (χ1v) is 10.9. The van der Waals surface area contributed by atoms with Crippen molar-refractivity contribution in [2.75, 3.05) is 13.1 Å². The molecule has 1 heterocycles. The quantitative estimate of drug-likeness (QED) is 0.377. The van der Waals surface area contributed by atoms with E-state index in [1.807, 2.05) is 53.1 Å². The van der Waals surface area contributed by atoms with Crippen LogP contribution in [0.1, 0.15) is 35.4 Å². The lowest BCUT2D eigenvalue weighted by Crippen LogP contribution is -2.28. The Balaban J connectivity index is 1.66. The number of unbranched alkanes of at least 4 members (excludes halogenated alkanes) is 2. The summed E-state index contributed by atoms with van der Waals surface area (Å²) in [6, 6.07) is 22.3. The third-order valence-corrected chi connectivity index (χ3v) is 5.48. The average molecular weight is 431 g/mol. The average Bonchev–Trinajstić information content (AvgIpc) is 3.17. The number of carbonyl (C=O) groups excluding carboxylic acids is 1. The van der Waals surface area contributed by atoms with Crippen LogP contribution in [-0.2, 0) is 6.54 Å². The molecule has 0 aliphatic carbocycles. The van der Waals surface area contributed by atoms with Crippen LogP contribution in [-0.4, -0.2) is 28.5 Å². The predicted octanol–water partition coefficient (Wildman–Crippen LogP) is 4.75. The number of aromatic nitrogens is 2. The summed E-state index contributed by atoms with van der Waals surface area (Å²) >= 11 is 0. The van der Waals surface area contributed by atoms with E-state index in [0.29, 0.717) is 25.5 Å². The summed E-state index contributed by atoms with van der Waals surface area (Å²) in [5.41, 5.74) is 10.1. The van der Waals surface area contributed by atoms with Crippen molar-refractivity contribution in [3.63, 3.8) is 0 Å². The Morgan fingerprint density at radius 1 is 0.938 bits per heavy atom. The molecule has 4 aromatic rings. The maximum Gasteiger partial charge on any atom is 0.287 e. The van der Waals surface area contributed by atoms with Gasteiger partial charge < -0.3 is 15.6 Å². The number of hydrogen-bond acceptors (Lipinski definition) is 3. The van der Waals surface area contributed by atoms with Gasteiger partial charge in [-0.2, -0.15) is 0 Å². The van der Waals surface area contributed by atoms with Crippen molar-refractivity contribution in [2.24, 2.45) is 5.73 Å². The third-order valence-electron chi connectivity index (χ3n) is 5.48. The van der Waals surface area contributed by atoms with E-state index in [1.165, 1.54) is 12.1 Å². The molecule has 164 valence electrons. The first-order valence-electron chi connectivity index (χ1n) is 10.9. The standard InChI is InChI=1S/C26H27FN4O/c27-22-12-9-20(10-13-22)21-11-14-24-23(17-21)30-25(26(32)29-16-6-2-5-15-28)31(24)18-19-7-3-1-4-8-19/h1,3-4,7-14,17H,2,5-6,15-16,18,28H2,(H,29,32). The molecule has 0 fully saturated rings. The molecule has 0 atom stereocenters. The second-order valence-corrected chi connectivity index (χ2v) is 7.82. The molecule has 1 amide bonds. The van der Waals surface area contributed by atoms with Gasteiger partial charge in [0.05, 0.1) is 11.0 Å². The molecular formula is C26H27FN4O. The lowest BCUT2D eigenvalue weighted by atomic mass is 10.1. The van der Waals surface area contributed by atoms with E-state index in [0.717, 1.165) is 47.0 Å². The van der Waals surface area contributed by atoms with Gasteiger partial charge >= 0.3 is 0 Å². The van der Waals surface area contributed by atoms with E-state index >= 15 is 0 Å². The van der Waals surface area contributed by atoms with Gasteiger partial charge in [0.25, 0.3) is 5.91 Å². The minimum Gasteiger partial charge on any atom is -0.349 e. The Hall–Kier alpha value is -3.51. The Labute approximate surface area is 187 Å². The number of halogens is 1. The minimum atomic E-state index is -0.271. The number of amides is 1. The number of imidazole rings is 1. The lowest BCUT2D eigenvalue weighted by molar-refractivity contribution is 0.0939. The van der Waals surface area contributed by atoms with Crippen molar-refractivity contribution in [3.05, 3.63) is 90.0 Å². The summed E-state index contributed by atoms with van der Waals surface area (Å²) in [6.07, 6.45) is 2.82. The fourth-order valence-corrected chi connectivity index (χ4v) is 3.78. The summed E-state index contributed by atoms with van der Waals surface area (Å²) in [5.74, 6) is -0.0699. The van der Waals surface area contributed by atoms with Gasteiger partial charge in [0, 0.05) is 13.1 Å². The summed E-state index contributed by atoms with van der Waals surface area (Å²) in [5, 5.41) is 2.99. The van der Waals surface area contributed by atoms with Crippen LogP contribution in [0.25, 0.3) is 22.2 Å². The molecule has 0 saturated heterocycles. The van der Waals surface area contributed by atoms with Gasteiger partial charge in [-0.05, 0) is 60.3 Å². The molecule has 3 aromatic carbocycles. The van der Waals surface area contributed by atoms with E-state index in [9.17, 15) is 9.18 Å². The van der Waals surface area contributed by atoms with Crippen LogP contribution in [0.4, 0.5) is 4.39 Å². The van der Waals surface area contributed by atoms with E-state index in [-0.39, 0.29) is 11.7 Å². The first kappa shape index (κ1) is 21.7. The fraction of sp³-hybridized carbons (Fsp3) is 0.231. The van der Waals surface area contributed by atoms with Crippen LogP contribution in [0.2, 0.25) is 0 Å². The first-order chi connectivity index (χ1) is 15.7. The molecule has 4 rings (SSSR count). The topological polar surface area (TPSA) is 72.9 Å². The molecule has 0 saturated carbocycles. The van der Waals surface area contributed by atoms with Crippen molar-refractivity contribution in [2.45, 2.75) is 25.8 Å². The largest absolute Gasteiger partial charge is 0.349 e. The number of rotatable bonds is 9. The molecule has 1 aromatic heterocycles. The van der Waals surface area contributed by atoms with Crippen molar-refractivity contribution in [1.82, 2.24) is 14.9 Å². The molecule has 0 unspecified atom stereocenters. The molecule has 5 nitrogen and oxygen atoms in total. The second-order valence-electron chi connectivity index (χ2n) is 7.82. The van der Waals surface area contributed by atoms with Gasteiger partial charge in [-0.1, -0.05) is 55.0 Å². The molecule has 0 spiro atoms. The van der Waals surface area contributed by atoms with E-state index < -0.39 is 0 Å². The third kappa shape index (κ3) is 5.03. The fourth-order valence-electron chi connectivity index (χ4n) is 3.78. The van der Waals surface area contributed by atoms with E-state index in [1.54, 1.807) is 12.1 Å². The highest BCUT2D eigenvalue weighted by molar-refractivity contribution is 5.95. The Kier molecular flexibility index (Phi) is 6.92. The number of nitrogens with zero attached hydrogens (tertiary/aromatic N) is 2. The molecule has 32 heavy (non-hydrogen) atoms. The van der Waals surface area contributed by atoms with Crippen molar-refractivity contribution in [1.29, 1.82) is 0 Å². The van der Waals surface area contributed by atoms with E-state index in [2.05, 4.69) is 10.3 Å². The maximum atomic E-state index is 13.3. The second kappa shape index (κ2) is 10.2. The highest BCUT2D eigenvalue weighted by Gasteiger charge is 2.18. The van der Waals surface area contributed by atoms with Gasteiger partial charge in [0.2, 0.25) is 0 Å². The molecule has 0 aliphatic heterocycles. The van der Waals surface area contributed by atoms with Crippen LogP contribution in [0.3, 0.4) is 0 Å². The summed E-state index contributed by atoms with van der Waals surface area (Å²) in [6.45, 7) is 1.80. The number of nitrogens with one attached hydrogen (secondary N) is 1. The zero-order chi connectivity index (χ0) is 22.3. The zero-order valence-electron chi connectivity index (χ0n) is 17.9. The number of hydrogen-bond donors (Lipinski definition) is 2. The number of benzene rings is 3. The Bertz CT molecular complexity index is 1190. The zero-order valence-corrected chi connectivity index (χ0v) is 17.9. The molecule has 0 bridgehead atoms. The number of fused-ring (bicyclic) bond motifs is 1. The molecule has 0 radical (unpaired) electrons. The SMILES string of the molecule is NCCCCCNC(=O)c1nc2cc(-c3ccc(F)cc3)ccc2n1Cc1ccccc1. The molecule has 0 aliphatic rings. The lowest BCUT2D eigenvalue weighted by Gasteiger charge is -2.10. The molecular weight excluding hydrogens is 403 g/mol. The van der Waals surface area contributed by atoms with E-state index in [4.69, 9.17) is 5.73 Å². The van der Waals surface area contributed by atoms with Gasteiger partial charge in [0.15, 0.2) is 5.82 Å². The highest BCUT2D eigenvalue weighted by Crippen LogP contribution is 2.26. The van der Waals surface area contributed by atoms with Crippen LogP contribution in [0.5, 0.6) is 0 Å². The highest BCUT2D eigenvalue weighted by atomic mass is 19.1. The normalized spacial score (nSPS) is 11.1. The molecule has 6 heteroatoms. The summed E-state index contributed by atoms with van der Waals surface area (Å²) in [7, 11) is 0. The minimum absolute atomic E-state index is 0.187. The monoisotopic (exact) mass is 430 g/mol. The van der Waals surface area contributed by atoms with Crippen LogP contribution < -0.4 is 11.1 Å². The Morgan fingerprint density at radius 2 is 1.69 bits per heavy atom. The van der Waals surface area contributed by atoms with Crippen LogP contribution in [0, 0.1) is 5.82 Å². The van der Waals surface area contributed by atoms with Crippen molar-refractivity contribution >= 4 is 16.9 Å². The number of carbonyl (C=O) groups is 1. The van der Waals surface area contributed by atoms with Gasteiger partial charge in [0.1, 0.15) is 5.82 Å². The Morgan fingerprint density at radius 3 is 2.44 bits per heavy atom. The smallest absolute Gasteiger partial charge is 0.287 e. The van der Waals surface area contributed by atoms with Crippen LogP contribution >= 0.6 is 0 Å². The number of nitrogens with two attached hydrogens (primary N) is 1. The van der Waals surface area contributed by atoms with Crippen molar-refractivity contribution < 1.29 is 9.18 Å². The van der Waals surface area contributed by atoms with Crippen molar-refractivity contribution in [3.8, 4) is 11.1 Å². The maximum absolute atomic E-state index is 13.3. The summed E-state index contributed by atoms with van der Waals surface area (Å²) in [4.78, 5) is 17.7. The summed E-state index contributed by atoms with van der Waals surface area (Å²) < 4.78 is 15.3.